The van der Waals surface area contributed by atoms with Crippen LogP contribution in [0.15, 0.2) is 24.3 Å². The van der Waals surface area contributed by atoms with Gasteiger partial charge in [-0.25, -0.2) is 4.68 Å². The van der Waals surface area contributed by atoms with Crippen molar-refractivity contribution in [2.75, 3.05) is 0 Å². The molecular formula is C10H7ClN4. The van der Waals surface area contributed by atoms with Crippen LogP contribution in [-0.4, -0.2) is 15.0 Å². The van der Waals surface area contributed by atoms with E-state index in [4.69, 9.17) is 16.9 Å². The standard InChI is InChI=1S/C10H7ClN4/c1-15-10(9(6-12)13-14-15)7-2-4-8(11)5-3-7/h2-5H,1H3. The molecule has 1 aromatic carbocycles. The third kappa shape index (κ3) is 1.69. The van der Waals surface area contributed by atoms with Crippen molar-refractivity contribution in [2.24, 2.45) is 7.05 Å². The molecule has 0 atom stereocenters. The zero-order valence-corrected chi connectivity index (χ0v) is 8.73. The van der Waals surface area contributed by atoms with E-state index >= 15 is 0 Å². The summed E-state index contributed by atoms with van der Waals surface area (Å²) in [6, 6.07) is 9.21. The van der Waals surface area contributed by atoms with E-state index in [1.807, 2.05) is 18.2 Å². The average molecular weight is 219 g/mol. The number of hydrogen-bond acceptors (Lipinski definition) is 3. The van der Waals surface area contributed by atoms with Gasteiger partial charge in [-0.15, -0.1) is 5.10 Å². The largest absolute Gasteiger partial charge is 0.246 e. The normalized spacial score (nSPS) is 9.93. The van der Waals surface area contributed by atoms with E-state index in [2.05, 4.69) is 10.3 Å². The summed E-state index contributed by atoms with van der Waals surface area (Å²) >= 11 is 5.78. The first-order valence-corrected chi connectivity index (χ1v) is 4.66. The molecule has 2 rings (SSSR count). The van der Waals surface area contributed by atoms with Crippen molar-refractivity contribution in [1.29, 1.82) is 5.26 Å². The number of halogens is 1. The number of hydrogen-bond donors (Lipinski definition) is 0. The Morgan fingerprint density at radius 1 is 1.33 bits per heavy atom. The van der Waals surface area contributed by atoms with Gasteiger partial charge in [0.05, 0.1) is 0 Å². The van der Waals surface area contributed by atoms with Gasteiger partial charge in [0.25, 0.3) is 0 Å². The maximum atomic E-state index is 8.86. The van der Waals surface area contributed by atoms with Crippen molar-refractivity contribution in [3.05, 3.63) is 35.0 Å². The minimum absolute atomic E-state index is 0.319. The van der Waals surface area contributed by atoms with Crippen LogP contribution in [0.5, 0.6) is 0 Å². The van der Waals surface area contributed by atoms with Crippen molar-refractivity contribution in [3.8, 4) is 17.3 Å². The molecule has 74 valence electrons. The van der Waals surface area contributed by atoms with E-state index in [1.165, 1.54) is 0 Å². The number of rotatable bonds is 1. The smallest absolute Gasteiger partial charge is 0.190 e. The fourth-order valence-electron chi connectivity index (χ4n) is 1.36. The lowest BCUT2D eigenvalue weighted by Gasteiger charge is -2.00. The predicted octanol–water partition coefficient (Wildman–Crippen LogP) is 2.01. The Morgan fingerprint density at radius 2 is 2.00 bits per heavy atom. The number of aryl methyl sites for hydroxylation is 1. The van der Waals surface area contributed by atoms with Crippen LogP contribution in [0.25, 0.3) is 11.3 Å². The third-order valence-electron chi connectivity index (χ3n) is 2.05. The van der Waals surface area contributed by atoms with Gasteiger partial charge in [0.1, 0.15) is 11.8 Å². The predicted molar refractivity (Wildman–Crippen MR) is 56.2 cm³/mol. The molecule has 0 unspecified atom stereocenters. The second-order valence-electron chi connectivity index (χ2n) is 3.03. The van der Waals surface area contributed by atoms with Gasteiger partial charge in [-0.3, -0.25) is 0 Å². The minimum Gasteiger partial charge on any atom is -0.246 e. The summed E-state index contributed by atoms with van der Waals surface area (Å²) in [5, 5.41) is 17.1. The average Bonchev–Trinajstić information content (AvgIpc) is 2.61. The first-order chi connectivity index (χ1) is 7.22. The summed E-state index contributed by atoms with van der Waals surface area (Å²) in [5.41, 5.74) is 1.90. The summed E-state index contributed by atoms with van der Waals surface area (Å²) in [7, 11) is 1.75. The van der Waals surface area contributed by atoms with Gasteiger partial charge in [0.15, 0.2) is 5.69 Å². The minimum atomic E-state index is 0.319. The Morgan fingerprint density at radius 3 is 2.60 bits per heavy atom. The molecule has 0 bridgehead atoms. The third-order valence-corrected chi connectivity index (χ3v) is 2.30. The molecule has 0 saturated heterocycles. The van der Waals surface area contributed by atoms with Gasteiger partial charge in [0, 0.05) is 17.6 Å². The highest BCUT2D eigenvalue weighted by Gasteiger charge is 2.11. The zero-order valence-electron chi connectivity index (χ0n) is 7.98. The monoisotopic (exact) mass is 218 g/mol. The Balaban J connectivity index is 2.59. The first kappa shape index (κ1) is 9.69. The van der Waals surface area contributed by atoms with Crippen molar-refractivity contribution in [3.63, 3.8) is 0 Å². The molecular weight excluding hydrogens is 212 g/mol. The fourth-order valence-corrected chi connectivity index (χ4v) is 1.49. The van der Waals surface area contributed by atoms with Gasteiger partial charge in [-0.2, -0.15) is 5.26 Å². The Kier molecular flexibility index (Phi) is 2.40. The molecule has 0 amide bonds. The van der Waals surface area contributed by atoms with Crippen LogP contribution in [-0.2, 0) is 7.05 Å². The van der Waals surface area contributed by atoms with Gasteiger partial charge in [-0.05, 0) is 12.1 Å². The lowest BCUT2D eigenvalue weighted by molar-refractivity contribution is 0.720. The summed E-state index contributed by atoms with van der Waals surface area (Å²) in [4.78, 5) is 0. The summed E-state index contributed by atoms with van der Waals surface area (Å²) < 4.78 is 1.57. The van der Waals surface area contributed by atoms with E-state index in [9.17, 15) is 0 Å². The topological polar surface area (TPSA) is 54.5 Å². The molecule has 5 heteroatoms. The van der Waals surface area contributed by atoms with Crippen LogP contribution in [0.1, 0.15) is 5.69 Å². The highest BCUT2D eigenvalue weighted by Crippen LogP contribution is 2.22. The summed E-state index contributed by atoms with van der Waals surface area (Å²) in [5.74, 6) is 0. The highest BCUT2D eigenvalue weighted by atomic mass is 35.5. The lowest BCUT2D eigenvalue weighted by atomic mass is 10.1. The maximum absolute atomic E-state index is 8.86. The van der Waals surface area contributed by atoms with Crippen LogP contribution in [0.4, 0.5) is 0 Å². The summed E-state index contributed by atoms with van der Waals surface area (Å²) in [6.45, 7) is 0. The Bertz CT molecular complexity index is 521. The van der Waals surface area contributed by atoms with E-state index in [0.717, 1.165) is 5.56 Å². The molecule has 0 saturated carbocycles. The van der Waals surface area contributed by atoms with Gasteiger partial charge >= 0.3 is 0 Å². The quantitative estimate of drug-likeness (QED) is 0.736. The first-order valence-electron chi connectivity index (χ1n) is 4.28. The summed E-state index contributed by atoms with van der Waals surface area (Å²) in [6.07, 6.45) is 0. The fraction of sp³-hybridized carbons (Fsp3) is 0.100. The SMILES string of the molecule is Cn1nnc(C#N)c1-c1ccc(Cl)cc1. The highest BCUT2D eigenvalue weighted by molar-refractivity contribution is 6.30. The molecule has 4 nitrogen and oxygen atoms in total. The van der Waals surface area contributed by atoms with Crippen molar-refractivity contribution in [2.45, 2.75) is 0 Å². The molecule has 1 aromatic heterocycles. The van der Waals surface area contributed by atoms with Crippen LogP contribution in [0.3, 0.4) is 0 Å². The molecule has 0 spiro atoms. The van der Waals surface area contributed by atoms with Crippen molar-refractivity contribution in [1.82, 2.24) is 15.0 Å². The van der Waals surface area contributed by atoms with Gasteiger partial charge < -0.3 is 0 Å². The van der Waals surface area contributed by atoms with Crippen LogP contribution in [0.2, 0.25) is 5.02 Å². The molecule has 15 heavy (non-hydrogen) atoms. The Labute approximate surface area is 91.7 Å². The molecule has 0 fully saturated rings. The second kappa shape index (κ2) is 3.71. The number of benzene rings is 1. The van der Waals surface area contributed by atoms with E-state index < -0.39 is 0 Å². The second-order valence-corrected chi connectivity index (χ2v) is 3.47. The van der Waals surface area contributed by atoms with E-state index in [-0.39, 0.29) is 0 Å². The molecule has 2 aromatic rings. The van der Waals surface area contributed by atoms with E-state index in [1.54, 1.807) is 23.9 Å². The number of aromatic nitrogens is 3. The van der Waals surface area contributed by atoms with Crippen molar-refractivity contribution < 1.29 is 0 Å². The van der Waals surface area contributed by atoms with Crippen LogP contribution < -0.4 is 0 Å². The Hall–Kier alpha value is -1.86. The molecule has 0 aliphatic heterocycles. The molecule has 0 aliphatic carbocycles. The lowest BCUT2D eigenvalue weighted by Crippen LogP contribution is -1.94. The molecule has 0 N–H and O–H groups in total. The number of nitrogens with zero attached hydrogens (tertiary/aromatic N) is 4. The van der Waals surface area contributed by atoms with Crippen LogP contribution >= 0.6 is 11.6 Å². The van der Waals surface area contributed by atoms with Gasteiger partial charge in [0.2, 0.25) is 0 Å². The van der Waals surface area contributed by atoms with Crippen LogP contribution in [0, 0.1) is 11.3 Å². The molecule has 0 radical (unpaired) electrons. The zero-order chi connectivity index (χ0) is 10.8. The van der Waals surface area contributed by atoms with Gasteiger partial charge in [-0.1, -0.05) is 28.9 Å². The maximum Gasteiger partial charge on any atom is 0.190 e. The number of nitriles is 1. The molecule has 0 aliphatic rings. The van der Waals surface area contributed by atoms with Crippen molar-refractivity contribution >= 4 is 11.6 Å². The molecule has 1 heterocycles. The van der Waals surface area contributed by atoms with E-state index in [0.29, 0.717) is 16.4 Å².